The van der Waals surface area contributed by atoms with E-state index in [0.717, 1.165) is 38.5 Å². The molecule has 1 unspecified atom stereocenters. The molecule has 0 spiro atoms. The van der Waals surface area contributed by atoms with Crippen molar-refractivity contribution >= 4 is 0 Å². The monoisotopic (exact) mass is 260 g/mol. The van der Waals surface area contributed by atoms with Gasteiger partial charge < -0.3 is 10.4 Å². The maximum atomic E-state index is 9.74. The quantitative estimate of drug-likeness (QED) is 0.816. The van der Waals surface area contributed by atoms with Crippen LogP contribution >= 0.6 is 0 Å². The maximum Gasteiger partial charge on any atom is 0.0626 e. The molecule has 0 amide bonds. The van der Waals surface area contributed by atoms with E-state index in [1.807, 2.05) is 0 Å². The number of benzene rings is 1. The number of aliphatic hydroxyl groups is 1. The van der Waals surface area contributed by atoms with Crippen LogP contribution < -0.4 is 5.32 Å². The van der Waals surface area contributed by atoms with Crippen molar-refractivity contribution in [2.75, 3.05) is 26.2 Å². The van der Waals surface area contributed by atoms with Gasteiger partial charge in [0.25, 0.3) is 0 Å². The van der Waals surface area contributed by atoms with Gasteiger partial charge in [-0.3, -0.25) is 4.90 Å². The van der Waals surface area contributed by atoms with E-state index in [2.05, 4.69) is 40.5 Å². The predicted molar refractivity (Wildman–Crippen MR) is 76.9 cm³/mol. The Morgan fingerprint density at radius 3 is 2.74 bits per heavy atom. The van der Waals surface area contributed by atoms with Gasteiger partial charge in [0.2, 0.25) is 0 Å². The summed E-state index contributed by atoms with van der Waals surface area (Å²) in [6.45, 7) is 4.37. The molecule has 0 bridgehead atoms. The SMILES string of the molecule is OCC1(NCC2CC2)CCN(Cc2ccccc2)C1. The zero-order valence-corrected chi connectivity index (χ0v) is 11.5. The Bertz CT molecular complexity index is 404. The highest BCUT2D eigenvalue weighted by Gasteiger charge is 2.38. The molecule has 1 aliphatic heterocycles. The number of rotatable bonds is 6. The zero-order chi connectivity index (χ0) is 13.1. The fourth-order valence-corrected chi connectivity index (χ4v) is 2.95. The molecule has 1 saturated carbocycles. The molecule has 2 N–H and O–H groups in total. The average molecular weight is 260 g/mol. The smallest absolute Gasteiger partial charge is 0.0626 e. The number of aliphatic hydroxyl groups excluding tert-OH is 1. The first-order valence-electron chi connectivity index (χ1n) is 7.42. The van der Waals surface area contributed by atoms with Crippen molar-refractivity contribution in [3.05, 3.63) is 35.9 Å². The van der Waals surface area contributed by atoms with E-state index < -0.39 is 0 Å². The van der Waals surface area contributed by atoms with Crippen LogP contribution in [0.5, 0.6) is 0 Å². The molecule has 2 aliphatic rings. The summed E-state index contributed by atoms with van der Waals surface area (Å²) in [5, 5.41) is 13.4. The minimum atomic E-state index is -0.0582. The summed E-state index contributed by atoms with van der Waals surface area (Å²) in [4.78, 5) is 2.45. The van der Waals surface area contributed by atoms with Crippen LogP contribution in [0.15, 0.2) is 30.3 Å². The van der Waals surface area contributed by atoms with Crippen molar-refractivity contribution < 1.29 is 5.11 Å². The molecule has 3 rings (SSSR count). The van der Waals surface area contributed by atoms with Gasteiger partial charge in [0.15, 0.2) is 0 Å². The lowest BCUT2D eigenvalue weighted by Crippen LogP contribution is -2.51. The highest BCUT2D eigenvalue weighted by Crippen LogP contribution is 2.30. The Kier molecular flexibility index (Phi) is 3.87. The molecule has 0 radical (unpaired) electrons. The van der Waals surface area contributed by atoms with Crippen molar-refractivity contribution in [2.24, 2.45) is 5.92 Å². The van der Waals surface area contributed by atoms with Crippen LogP contribution in [-0.4, -0.2) is 41.8 Å². The molecule has 19 heavy (non-hydrogen) atoms. The first-order valence-corrected chi connectivity index (χ1v) is 7.42. The maximum absolute atomic E-state index is 9.74. The van der Waals surface area contributed by atoms with E-state index in [0.29, 0.717) is 0 Å². The molecule has 104 valence electrons. The second-order valence-corrected chi connectivity index (χ2v) is 6.21. The lowest BCUT2D eigenvalue weighted by Gasteiger charge is -2.29. The molecular formula is C16H24N2O. The normalized spacial score (nSPS) is 27.8. The van der Waals surface area contributed by atoms with Crippen molar-refractivity contribution in [1.82, 2.24) is 10.2 Å². The van der Waals surface area contributed by atoms with Crippen LogP contribution in [0.3, 0.4) is 0 Å². The molecule has 3 heteroatoms. The number of nitrogens with zero attached hydrogens (tertiary/aromatic N) is 1. The topological polar surface area (TPSA) is 35.5 Å². The number of hydrogen-bond acceptors (Lipinski definition) is 3. The average Bonchev–Trinajstić information content (AvgIpc) is 3.20. The molecule has 1 aliphatic carbocycles. The number of likely N-dealkylation sites (tertiary alicyclic amines) is 1. The van der Waals surface area contributed by atoms with Gasteiger partial charge >= 0.3 is 0 Å². The Balaban J connectivity index is 1.55. The first kappa shape index (κ1) is 13.1. The minimum absolute atomic E-state index is 0.0582. The predicted octanol–water partition coefficient (Wildman–Crippen LogP) is 1.62. The summed E-state index contributed by atoms with van der Waals surface area (Å²) >= 11 is 0. The fraction of sp³-hybridized carbons (Fsp3) is 0.625. The van der Waals surface area contributed by atoms with Crippen molar-refractivity contribution in [3.8, 4) is 0 Å². The zero-order valence-electron chi connectivity index (χ0n) is 11.5. The highest BCUT2D eigenvalue weighted by molar-refractivity contribution is 5.15. The van der Waals surface area contributed by atoms with Crippen LogP contribution in [0.25, 0.3) is 0 Å². The van der Waals surface area contributed by atoms with E-state index in [4.69, 9.17) is 0 Å². The van der Waals surface area contributed by atoms with E-state index in [1.165, 1.54) is 18.4 Å². The summed E-state index contributed by atoms with van der Waals surface area (Å²) in [7, 11) is 0. The van der Waals surface area contributed by atoms with Gasteiger partial charge in [-0.1, -0.05) is 30.3 Å². The highest BCUT2D eigenvalue weighted by atomic mass is 16.3. The molecule has 2 fully saturated rings. The van der Waals surface area contributed by atoms with Gasteiger partial charge in [0.05, 0.1) is 12.1 Å². The first-order chi connectivity index (χ1) is 9.30. The Morgan fingerprint density at radius 2 is 2.05 bits per heavy atom. The Hall–Kier alpha value is -0.900. The number of nitrogens with one attached hydrogen (secondary N) is 1. The van der Waals surface area contributed by atoms with Crippen LogP contribution in [-0.2, 0) is 6.54 Å². The van der Waals surface area contributed by atoms with Crippen molar-refractivity contribution in [2.45, 2.75) is 31.3 Å². The largest absolute Gasteiger partial charge is 0.394 e. The molecule has 3 nitrogen and oxygen atoms in total. The Morgan fingerprint density at radius 1 is 1.26 bits per heavy atom. The van der Waals surface area contributed by atoms with Crippen molar-refractivity contribution in [3.63, 3.8) is 0 Å². The van der Waals surface area contributed by atoms with Gasteiger partial charge in [-0.25, -0.2) is 0 Å². The van der Waals surface area contributed by atoms with Crippen molar-refractivity contribution in [1.29, 1.82) is 0 Å². The van der Waals surface area contributed by atoms with Crippen LogP contribution in [0, 0.1) is 5.92 Å². The molecule has 1 aromatic rings. The van der Waals surface area contributed by atoms with Gasteiger partial charge in [-0.15, -0.1) is 0 Å². The summed E-state index contributed by atoms with van der Waals surface area (Å²) in [5.74, 6) is 0.867. The van der Waals surface area contributed by atoms with E-state index in [1.54, 1.807) is 0 Å². The summed E-state index contributed by atoms with van der Waals surface area (Å²) in [6.07, 6.45) is 3.79. The standard InChI is InChI=1S/C16H24N2O/c19-13-16(17-10-14-6-7-14)8-9-18(12-16)11-15-4-2-1-3-5-15/h1-5,14,17,19H,6-13H2. The van der Waals surface area contributed by atoms with E-state index >= 15 is 0 Å². The third kappa shape index (κ3) is 3.35. The molecular weight excluding hydrogens is 236 g/mol. The summed E-state index contributed by atoms with van der Waals surface area (Å²) in [6, 6.07) is 10.6. The van der Waals surface area contributed by atoms with E-state index in [-0.39, 0.29) is 12.1 Å². The Labute approximate surface area is 115 Å². The third-order valence-electron chi connectivity index (χ3n) is 4.45. The summed E-state index contributed by atoms with van der Waals surface area (Å²) < 4.78 is 0. The fourth-order valence-electron chi connectivity index (χ4n) is 2.95. The molecule has 1 heterocycles. The van der Waals surface area contributed by atoms with Gasteiger partial charge in [0, 0.05) is 19.6 Å². The molecule has 1 aromatic carbocycles. The van der Waals surface area contributed by atoms with E-state index in [9.17, 15) is 5.11 Å². The summed E-state index contributed by atoms with van der Waals surface area (Å²) in [5.41, 5.74) is 1.30. The third-order valence-corrected chi connectivity index (χ3v) is 4.45. The lowest BCUT2D eigenvalue weighted by molar-refractivity contribution is 0.158. The van der Waals surface area contributed by atoms with Crippen LogP contribution in [0.2, 0.25) is 0 Å². The van der Waals surface area contributed by atoms with Crippen LogP contribution in [0.1, 0.15) is 24.8 Å². The minimum Gasteiger partial charge on any atom is -0.394 e. The second-order valence-electron chi connectivity index (χ2n) is 6.21. The molecule has 0 aromatic heterocycles. The second kappa shape index (κ2) is 5.61. The molecule has 1 saturated heterocycles. The van der Waals surface area contributed by atoms with Gasteiger partial charge in [-0.2, -0.15) is 0 Å². The molecule has 1 atom stereocenters. The van der Waals surface area contributed by atoms with Gasteiger partial charge in [-0.05, 0) is 37.3 Å². The number of hydrogen-bond donors (Lipinski definition) is 2. The van der Waals surface area contributed by atoms with Crippen LogP contribution in [0.4, 0.5) is 0 Å². The lowest BCUT2D eigenvalue weighted by atomic mass is 9.99. The van der Waals surface area contributed by atoms with Gasteiger partial charge in [0.1, 0.15) is 0 Å².